The first-order valence-electron chi connectivity index (χ1n) is 4.64. The molecule has 0 rings (SSSR count). The minimum atomic E-state index is 0. The van der Waals surface area contributed by atoms with Gasteiger partial charge in [0.25, 0.3) is 0 Å². The quantitative estimate of drug-likeness (QED) is 0.310. The van der Waals surface area contributed by atoms with E-state index >= 15 is 0 Å². The van der Waals surface area contributed by atoms with E-state index < -0.39 is 0 Å². The van der Waals surface area contributed by atoms with Crippen molar-refractivity contribution in [1.29, 1.82) is 0 Å². The molecule has 1 heteroatoms. The molecular formula is C10H21Na. The summed E-state index contributed by atoms with van der Waals surface area (Å²) in [6.07, 6.45) is 8.03. The second-order valence-corrected chi connectivity index (χ2v) is 3.15. The van der Waals surface area contributed by atoms with E-state index in [-0.39, 0.29) is 29.6 Å². The summed E-state index contributed by atoms with van der Waals surface area (Å²) >= 11 is 0. The molecule has 1 atom stereocenters. The summed E-state index contributed by atoms with van der Waals surface area (Å²) in [5, 5.41) is 0. The summed E-state index contributed by atoms with van der Waals surface area (Å²) in [6.45, 7) is 8.58. The fourth-order valence-electron chi connectivity index (χ4n) is 1.24. The van der Waals surface area contributed by atoms with Gasteiger partial charge in [0.15, 0.2) is 0 Å². The molecule has 0 aliphatic heterocycles. The normalized spacial score (nSPS) is 12.3. The zero-order valence-corrected chi connectivity index (χ0v) is 10.5. The summed E-state index contributed by atoms with van der Waals surface area (Å²) in [4.78, 5) is 0. The van der Waals surface area contributed by atoms with Crippen molar-refractivity contribution < 1.29 is 29.6 Å². The van der Waals surface area contributed by atoms with Crippen molar-refractivity contribution in [3.8, 4) is 0 Å². The van der Waals surface area contributed by atoms with Gasteiger partial charge in [0, 0.05) is 0 Å². The molecule has 0 aromatic carbocycles. The van der Waals surface area contributed by atoms with Crippen molar-refractivity contribution in [3.05, 3.63) is 6.92 Å². The van der Waals surface area contributed by atoms with Crippen molar-refractivity contribution in [2.75, 3.05) is 0 Å². The molecule has 0 heterocycles. The van der Waals surface area contributed by atoms with Gasteiger partial charge in [0.1, 0.15) is 0 Å². The molecule has 0 bridgehead atoms. The average Bonchev–Trinajstić information content (AvgIpc) is 1.89. The molecule has 0 saturated carbocycles. The Kier molecular flexibility index (Phi) is 14.5. The van der Waals surface area contributed by atoms with Crippen molar-refractivity contribution >= 4 is 0 Å². The topological polar surface area (TPSA) is 0 Å². The summed E-state index contributed by atoms with van der Waals surface area (Å²) in [5.41, 5.74) is 0. The van der Waals surface area contributed by atoms with Gasteiger partial charge in [-0.25, -0.2) is 0 Å². The smallest absolute Gasteiger partial charge is 0.340 e. The monoisotopic (exact) mass is 164 g/mol. The molecule has 62 valence electrons. The van der Waals surface area contributed by atoms with Gasteiger partial charge in [-0.3, -0.25) is 0 Å². The Bertz CT molecular complexity index is 61.9. The predicted molar refractivity (Wildman–Crippen MR) is 47.9 cm³/mol. The van der Waals surface area contributed by atoms with Crippen LogP contribution >= 0.6 is 0 Å². The standard InChI is InChI=1S/C10H21.Na/c1-4-6-7-9-10(3)8-5-2;/h10H,3-9H2,1-2H3;/q-1;+1. The minimum Gasteiger partial charge on any atom is -0.340 e. The van der Waals surface area contributed by atoms with Crippen LogP contribution in [-0.2, 0) is 0 Å². The van der Waals surface area contributed by atoms with Crippen LogP contribution in [0.5, 0.6) is 0 Å². The molecule has 11 heavy (non-hydrogen) atoms. The van der Waals surface area contributed by atoms with Gasteiger partial charge in [-0.05, 0) is 0 Å². The van der Waals surface area contributed by atoms with E-state index in [9.17, 15) is 0 Å². The van der Waals surface area contributed by atoms with Gasteiger partial charge in [-0.15, -0.1) is 0 Å². The van der Waals surface area contributed by atoms with Crippen LogP contribution in [0.4, 0.5) is 0 Å². The SMILES string of the molecule is [CH2-]C(CCC)CCCCC.[Na+]. The molecule has 1 unspecified atom stereocenters. The molecule has 0 aromatic rings. The number of unbranched alkanes of at least 4 members (excludes halogenated alkanes) is 2. The van der Waals surface area contributed by atoms with Gasteiger partial charge in [0.05, 0.1) is 0 Å². The van der Waals surface area contributed by atoms with Crippen LogP contribution in [0.1, 0.15) is 52.4 Å². The Morgan fingerprint density at radius 1 is 1.00 bits per heavy atom. The molecule has 0 fully saturated rings. The van der Waals surface area contributed by atoms with E-state index in [4.69, 9.17) is 0 Å². The Morgan fingerprint density at radius 3 is 2.09 bits per heavy atom. The van der Waals surface area contributed by atoms with E-state index in [2.05, 4.69) is 20.8 Å². The minimum absolute atomic E-state index is 0. The van der Waals surface area contributed by atoms with Gasteiger partial charge >= 0.3 is 29.6 Å². The maximum Gasteiger partial charge on any atom is 1.00 e. The van der Waals surface area contributed by atoms with Crippen LogP contribution in [-0.4, -0.2) is 0 Å². The van der Waals surface area contributed by atoms with Crippen molar-refractivity contribution in [1.82, 2.24) is 0 Å². The number of rotatable bonds is 6. The van der Waals surface area contributed by atoms with Crippen molar-refractivity contribution in [2.45, 2.75) is 52.4 Å². The van der Waals surface area contributed by atoms with E-state index in [0.717, 1.165) is 5.92 Å². The van der Waals surface area contributed by atoms with E-state index in [1.54, 1.807) is 0 Å². The first kappa shape index (κ1) is 14.5. The Morgan fingerprint density at radius 2 is 1.64 bits per heavy atom. The van der Waals surface area contributed by atoms with E-state index in [1.807, 2.05) is 0 Å². The van der Waals surface area contributed by atoms with Crippen LogP contribution in [0.3, 0.4) is 0 Å². The third-order valence-electron chi connectivity index (χ3n) is 1.91. The van der Waals surface area contributed by atoms with Gasteiger partial charge in [-0.1, -0.05) is 52.4 Å². The zero-order valence-electron chi connectivity index (χ0n) is 8.53. The molecule has 0 aliphatic carbocycles. The summed E-state index contributed by atoms with van der Waals surface area (Å²) in [7, 11) is 0. The summed E-state index contributed by atoms with van der Waals surface area (Å²) < 4.78 is 0. The van der Waals surface area contributed by atoms with Crippen LogP contribution in [0.25, 0.3) is 0 Å². The fourth-order valence-corrected chi connectivity index (χ4v) is 1.24. The zero-order chi connectivity index (χ0) is 7.82. The van der Waals surface area contributed by atoms with Crippen LogP contribution in [0.15, 0.2) is 0 Å². The third kappa shape index (κ3) is 11.0. The van der Waals surface area contributed by atoms with Gasteiger partial charge in [0.2, 0.25) is 0 Å². The largest absolute Gasteiger partial charge is 1.00 e. The number of hydrogen-bond donors (Lipinski definition) is 0. The second-order valence-electron chi connectivity index (χ2n) is 3.15. The molecule has 0 spiro atoms. The van der Waals surface area contributed by atoms with Crippen LogP contribution in [0.2, 0.25) is 0 Å². The predicted octanol–water partition coefficient (Wildman–Crippen LogP) is 0.821. The van der Waals surface area contributed by atoms with Crippen LogP contribution < -0.4 is 29.6 Å². The average molecular weight is 164 g/mol. The van der Waals surface area contributed by atoms with Gasteiger partial charge < -0.3 is 6.92 Å². The summed E-state index contributed by atoms with van der Waals surface area (Å²) in [6, 6.07) is 0. The number of hydrogen-bond acceptors (Lipinski definition) is 0. The molecule has 0 N–H and O–H groups in total. The van der Waals surface area contributed by atoms with Gasteiger partial charge in [-0.2, -0.15) is 5.92 Å². The van der Waals surface area contributed by atoms with E-state index in [1.165, 1.54) is 38.5 Å². The fraction of sp³-hybridized carbons (Fsp3) is 0.900. The van der Waals surface area contributed by atoms with Crippen molar-refractivity contribution in [3.63, 3.8) is 0 Å². The molecule has 0 radical (unpaired) electrons. The van der Waals surface area contributed by atoms with Crippen molar-refractivity contribution in [2.24, 2.45) is 5.92 Å². The Labute approximate surface area is 94.4 Å². The van der Waals surface area contributed by atoms with Crippen LogP contribution in [0, 0.1) is 12.8 Å². The summed E-state index contributed by atoms with van der Waals surface area (Å²) in [5.74, 6) is 0.719. The molecule has 0 saturated heterocycles. The third-order valence-corrected chi connectivity index (χ3v) is 1.91. The second kappa shape index (κ2) is 11.0. The Balaban J connectivity index is 0. The molecule has 0 aromatic heterocycles. The molecule has 0 amide bonds. The molecule has 0 nitrogen and oxygen atoms in total. The van der Waals surface area contributed by atoms with E-state index in [0.29, 0.717) is 0 Å². The Hall–Kier alpha value is 1.00. The molecular weight excluding hydrogens is 143 g/mol. The maximum atomic E-state index is 4.10. The maximum absolute atomic E-state index is 4.10. The first-order valence-corrected chi connectivity index (χ1v) is 4.64. The molecule has 0 aliphatic rings. The first-order chi connectivity index (χ1) is 4.81.